The van der Waals surface area contributed by atoms with Crippen molar-refractivity contribution >= 4 is 17.9 Å². The highest BCUT2D eigenvalue weighted by molar-refractivity contribution is 5.89. The van der Waals surface area contributed by atoms with Crippen molar-refractivity contribution in [3.8, 4) is 0 Å². The standard InChI is InChI=1S/C14H17FN2O3/c1-3-10-4-5-11(6-13(10)15)17-8-12(20-14(17)19)7-16-9(2)18/h3-6,9,12,16,18H,1,7-8H2,2H3/t9?,12-/m0/s1. The van der Waals surface area contributed by atoms with Crippen LogP contribution in [0.1, 0.15) is 12.5 Å². The molecule has 5 nitrogen and oxygen atoms in total. The van der Waals surface area contributed by atoms with Crippen molar-refractivity contribution in [1.82, 2.24) is 5.32 Å². The molecule has 1 aromatic carbocycles. The number of benzene rings is 1. The third kappa shape index (κ3) is 3.15. The molecule has 0 spiro atoms. The molecule has 6 heteroatoms. The molecular formula is C14H17FN2O3. The average Bonchev–Trinajstić information content (AvgIpc) is 2.77. The Morgan fingerprint density at radius 3 is 3.05 bits per heavy atom. The van der Waals surface area contributed by atoms with Gasteiger partial charge in [0, 0.05) is 12.1 Å². The van der Waals surface area contributed by atoms with Gasteiger partial charge in [-0.3, -0.25) is 10.2 Å². The third-order valence-electron chi connectivity index (χ3n) is 3.03. The fraction of sp³-hybridized carbons (Fsp3) is 0.357. The first-order valence-corrected chi connectivity index (χ1v) is 6.33. The van der Waals surface area contributed by atoms with Gasteiger partial charge >= 0.3 is 6.09 Å². The molecule has 2 atom stereocenters. The molecule has 0 aliphatic carbocycles. The number of cyclic esters (lactones) is 1. The maximum Gasteiger partial charge on any atom is 0.414 e. The Kier molecular flexibility index (Phi) is 4.36. The van der Waals surface area contributed by atoms with Gasteiger partial charge in [0.25, 0.3) is 0 Å². The number of aliphatic hydroxyl groups is 1. The van der Waals surface area contributed by atoms with Gasteiger partial charge in [0.1, 0.15) is 18.1 Å². The summed E-state index contributed by atoms with van der Waals surface area (Å²) in [7, 11) is 0. The summed E-state index contributed by atoms with van der Waals surface area (Å²) in [5, 5.41) is 11.9. The molecule has 1 aliphatic rings. The number of anilines is 1. The van der Waals surface area contributed by atoms with Crippen LogP contribution in [0.2, 0.25) is 0 Å². The Morgan fingerprint density at radius 2 is 2.45 bits per heavy atom. The first-order valence-electron chi connectivity index (χ1n) is 6.33. The number of hydrogen-bond acceptors (Lipinski definition) is 4. The minimum Gasteiger partial charge on any atom is -0.443 e. The molecule has 0 bridgehead atoms. The topological polar surface area (TPSA) is 61.8 Å². The normalized spacial score (nSPS) is 19.9. The van der Waals surface area contributed by atoms with Crippen molar-refractivity contribution in [2.45, 2.75) is 19.3 Å². The molecule has 1 unspecified atom stereocenters. The number of nitrogens with zero attached hydrogens (tertiary/aromatic N) is 1. The lowest BCUT2D eigenvalue weighted by atomic mass is 10.2. The zero-order chi connectivity index (χ0) is 14.7. The molecule has 1 heterocycles. The van der Waals surface area contributed by atoms with Crippen LogP contribution >= 0.6 is 0 Å². The molecule has 1 amide bonds. The summed E-state index contributed by atoms with van der Waals surface area (Å²) < 4.78 is 18.8. The largest absolute Gasteiger partial charge is 0.443 e. The minimum atomic E-state index is -0.674. The lowest BCUT2D eigenvalue weighted by molar-refractivity contribution is 0.110. The van der Waals surface area contributed by atoms with Crippen molar-refractivity contribution in [3.05, 3.63) is 36.2 Å². The van der Waals surface area contributed by atoms with E-state index in [2.05, 4.69) is 11.9 Å². The van der Waals surface area contributed by atoms with E-state index in [4.69, 9.17) is 9.84 Å². The van der Waals surface area contributed by atoms with Crippen LogP contribution in [0.4, 0.5) is 14.9 Å². The molecule has 1 fully saturated rings. The first-order chi connectivity index (χ1) is 9.51. The number of carbonyl (C=O) groups excluding carboxylic acids is 1. The van der Waals surface area contributed by atoms with Gasteiger partial charge in [-0.05, 0) is 25.1 Å². The van der Waals surface area contributed by atoms with Crippen LogP contribution in [0.5, 0.6) is 0 Å². The van der Waals surface area contributed by atoms with E-state index in [1.54, 1.807) is 19.1 Å². The van der Waals surface area contributed by atoms with E-state index in [0.29, 0.717) is 24.3 Å². The van der Waals surface area contributed by atoms with E-state index in [1.807, 2.05) is 0 Å². The van der Waals surface area contributed by atoms with Crippen molar-refractivity contribution < 1.29 is 19.0 Å². The number of rotatable bonds is 5. The summed E-state index contributed by atoms with van der Waals surface area (Å²) in [5.41, 5.74) is 0.825. The number of carbonyl (C=O) groups is 1. The van der Waals surface area contributed by atoms with E-state index in [1.165, 1.54) is 17.0 Å². The zero-order valence-corrected chi connectivity index (χ0v) is 11.2. The molecular weight excluding hydrogens is 263 g/mol. The van der Waals surface area contributed by atoms with Crippen LogP contribution < -0.4 is 10.2 Å². The molecule has 20 heavy (non-hydrogen) atoms. The number of ether oxygens (including phenoxy) is 1. The second kappa shape index (κ2) is 6.02. The average molecular weight is 280 g/mol. The highest BCUT2D eigenvalue weighted by Crippen LogP contribution is 2.24. The molecule has 2 rings (SSSR count). The third-order valence-corrected chi connectivity index (χ3v) is 3.03. The molecule has 1 aromatic rings. The van der Waals surface area contributed by atoms with Crippen LogP contribution in [0, 0.1) is 5.82 Å². The second-order valence-corrected chi connectivity index (χ2v) is 4.61. The molecule has 2 N–H and O–H groups in total. The van der Waals surface area contributed by atoms with Gasteiger partial charge < -0.3 is 9.84 Å². The van der Waals surface area contributed by atoms with E-state index in [9.17, 15) is 9.18 Å². The highest BCUT2D eigenvalue weighted by Gasteiger charge is 2.32. The molecule has 108 valence electrons. The quantitative estimate of drug-likeness (QED) is 0.806. The lowest BCUT2D eigenvalue weighted by Crippen LogP contribution is -2.35. The van der Waals surface area contributed by atoms with E-state index < -0.39 is 18.1 Å². The van der Waals surface area contributed by atoms with Gasteiger partial charge in [0.15, 0.2) is 0 Å². The Bertz CT molecular complexity index is 519. The van der Waals surface area contributed by atoms with E-state index >= 15 is 0 Å². The number of aliphatic hydroxyl groups excluding tert-OH is 1. The molecule has 0 aromatic heterocycles. The summed E-state index contributed by atoms with van der Waals surface area (Å²) in [6.07, 6.45) is -0.156. The van der Waals surface area contributed by atoms with Gasteiger partial charge in [0.2, 0.25) is 0 Å². The van der Waals surface area contributed by atoms with Crippen LogP contribution in [0.3, 0.4) is 0 Å². The van der Waals surface area contributed by atoms with Gasteiger partial charge in [-0.15, -0.1) is 0 Å². The number of halogens is 1. The smallest absolute Gasteiger partial charge is 0.414 e. The van der Waals surface area contributed by atoms with Crippen LogP contribution in [0.15, 0.2) is 24.8 Å². The van der Waals surface area contributed by atoms with Crippen LogP contribution in [-0.2, 0) is 4.74 Å². The Balaban J connectivity index is 2.07. The van der Waals surface area contributed by atoms with Gasteiger partial charge in [0.05, 0.1) is 12.2 Å². The predicted octanol–water partition coefficient (Wildman–Crippen LogP) is 1.72. The predicted molar refractivity (Wildman–Crippen MR) is 73.8 cm³/mol. The number of amides is 1. The van der Waals surface area contributed by atoms with Crippen molar-refractivity contribution in [2.75, 3.05) is 18.0 Å². The van der Waals surface area contributed by atoms with Gasteiger partial charge in [-0.25, -0.2) is 9.18 Å². The van der Waals surface area contributed by atoms with E-state index in [0.717, 1.165) is 0 Å². The summed E-state index contributed by atoms with van der Waals surface area (Å²) in [6.45, 7) is 5.74. The summed E-state index contributed by atoms with van der Waals surface area (Å²) >= 11 is 0. The zero-order valence-electron chi connectivity index (χ0n) is 11.2. The monoisotopic (exact) mass is 280 g/mol. The highest BCUT2D eigenvalue weighted by atomic mass is 19.1. The maximum atomic E-state index is 13.7. The number of hydrogen-bond donors (Lipinski definition) is 2. The van der Waals surface area contributed by atoms with Gasteiger partial charge in [-0.2, -0.15) is 0 Å². The molecule has 0 saturated carbocycles. The van der Waals surface area contributed by atoms with Crippen molar-refractivity contribution in [1.29, 1.82) is 0 Å². The first kappa shape index (κ1) is 14.5. The Hall–Kier alpha value is -1.92. The molecule has 1 aliphatic heterocycles. The van der Waals surface area contributed by atoms with Crippen molar-refractivity contribution in [3.63, 3.8) is 0 Å². The fourth-order valence-electron chi connectivity index (χ4n) is 1.99. The van der Waals surface area contributed by atoms with Crippen LogP contribution in [0.25, 0.3) is 6.08 Å². The van der Waals surface area contributed by atoms with Gasteiger partial charge in [-0.1, -0.05) is 12.7 Å². The summed E-state index contributed by atoms with van der Waals surface area (Å²) in [6, 6.07) is 4.49. The second-order valence-electron chi connectivity index (χ2n) is 4.61. The Labute approximate surface area is 116 Å². The molecule has 0 radical (unpaired) electrons. The molecule has 1 saturated heterocycles. The lowest BCUT2D eigenvalue weighted by Gasteiger charge is -2.14. The maximum absolute atomic E-state index is 13.7. The summed E-state index contributed by atoms with van der Waals surface area (Å²) in [4.78, 5) is 13.1. The van der Waals surface area contributed by atoms with E-state index in [-0.39, 0.29) is 6.10 Å². The fourth-order valence-corrected chi connectivity index (χ4v) is 1.99. The SMILES string of the molecule is C=Cc1ccc(N2C[C@H](CNC(C)O)OC2=O)cc1F. The number of nitrogens with one attached hydrogen (secondary N) is 1. The van der Waals surface area contributed by atoms with Crippen LogP contribution in [-0.4, -0.2) is 36.6 Å². The minimum absolute atomic E-state index is 0.311. The summed E-state index contributed by atoms with van der Waals surface area (Å²) in [5.74, 6) is -0.434. The Morgan fingerprint density at radius 1 is 1.70 bits per heavy atom. The van der Waals surface area contributed by atoms with Crippen molar-refractivity contribution in [2.24, 2.45) is 0 Å².